The van der Waals surface area contributed by atoms with E-state index >= 15 is 0 Å². The predicted molar refractivity (Wildman–Crippen MR) is 121 cm³/mol. The summed E-state index contributed by atoms with van der Waals surface area (Å²) in [6.07, 6.45) is 0.587. The molecule has 1 unspecified atom stereocenters. The Morgan fingerprint density at radius 2 is 1.91 bits per heavy atom. The van der Waals surface area contributed by atoms with E-state index in [0.29, 0.717) is 17.7 Å². The number of nitrogen functional groups attached to an aromatic ring is 1. The third-order valence-electron chi connectivity index (χ3n) is 4.21. The van der Waals surface area contributed by atoms with Crippen LogP contribution in [-0.4, -0.2) is 69.6 Å². The Morgan fingerprint density at radius 1 is 1.18 bits per heavy atom. The van der Waals surface area contributed by atoms with E-state index in [0.717, 1.165) is 0 Å². The average molecular weight is 502 g/mol. The molecule has 34 heavy (non-hydrogen) atoms. The molecule has 2 rings (SSSR count). The second kappa shape index (κ2) is 12.6. The monoisotopic (exact) mass is 502 g/mol. The average Bonchev–Trinajstić information content (AvgIpc) is 3.16. The molecule has 3 atom stereocenters. The van der Waals surface area contributed by atoms with E-state index in [-0.39, 0.29) is 12.4 Å². The molecule has 0 bridgehead atoms. The number of nitrogens with one attached hydrogen (secondary N) is 1. The minimum absolute atomic E-state index is 0.153. The van der Waals surface area contributed by atoms with Crippen molar-refractivity contribution in [1.82, 2.24) is 24.6 Å². The molecule has 2 heterocycles. The van der Waals surface area contributed by atoms with E-state index in [1.807, 2.05) is 0 Å². The normalized spacial score (nSPS) is 15.0. The maximum absolute atomic E-state index is 13.3. The summed E-state index contributed by atoms with van der Waals surface area (Å²) >= 11 is 0. The van der Waals surface area contributed by atoms with Gasteiger partial charge in [-0.1, -0.05) is 0 Å². The summed E-state index contributed by atoms with van der Waals surface area (Å²) in [6.45, 7) is 7.93. The van der Waals surface area contributed by atoms with Gasteiger partial charge in [0.2, 0.25) is 6.79 Å². The molecule has 0 fully saturated rings. The molecule has 0 spiro atoms. The van der Waals surface area contributed by atoms with Crippen LogP contribution in [0.5, 0.6) is 0 Å². The topological polar surface area (TPSA) is 179 Å². The SMILES string of the molecule is CCOC(=O)[C@H](C)NP(=O)(CO[C@H](C)Cn1cnc2c(N)ncnc21)OCOC(=O)OC(C)C. The molecule has 0 aliphatic heterocycles. The van der Waals surface area contributed by atoms with Crippen molar-refractivity contribution in [2.45, 2.75) is 59.4 Å². The first-order valence-corrected chi connectivity index (χ1v) is 12.4. The highest BCUT2D eigenvalue weighted by molar-refractivity contribution is 7.56. The molecule has 0 aliphatic carbocycles. The number of hydrogen-bond donors (Lipinski definition) is 2. The molecule has 2 aromatic rings. The molecule has 3 N–H and O–H groups in total. The van der Waals surface area contributed by atoms with Crippen molar-refractivity contribution < 1.29 is 37.6 Å². The first-order chi connectivity index (χ1) is 16.0. The van der Waals surface area contributed by atoms with Gasteiger partial charge in [0.25, 0.3) is 7.52 Å². The number of aromatic nitrogens is 4. The van der Waals surface area contributed by atoms with Crippen LogP contribution in [0.25, 0.3) is 11.2 Å². The van der Waals surface area contributed by atoms with Crippen LogP contribution in [0, 0.1) is 0 Å². The smallest absolute Gasteiger partial charge is 0.465 e. The van der Waals surface area contributed by atoms with Gasteiger partial charge in [-0.05, 0) is 34.6 Å². The zero-order valence-electron chi connectivity index (χ0n) is 19.8. The molecule has 190 valence electrons. The van der Waals surface area contributed by atoms with Gasteiger partial charge in [0.1, 0.15) is 24.2 Å². The van der Waals surface area contributed by atoms with E-state index in [9.17, 15) is 14.2 Å². The Hall–Kier alpha value is -2.80. The van der Waals surface area contributed by atoms with Crippen molar-refractivity contribution in [3.8, 4) is 0 Å². The van der Waals surface area contributed by atoms with Gasteiger partial charge in [0.15, 0.2) is 11.5 Å². The Labute approximate surface area is 197 Å². The zero-order valence-corrected chi connectivity index (χ0v) is 20.7. The number of rotatable bonds is 13. The molecule has 2 aromatic heterocycles. The van der Waals surface area contributed by atoms with Gasteiger partial charge in [-0.15, -0.1) is 0 Å². The number of hydrogen-bond acceptors (Lipinski definition) is 12. The van der Waals surface area contributed by atoms with Crippen molar-refractivity contribution in [1.29, 1.82) is 0 Å². The first kappa shape index (κ1) is 27.4. The number of imidazole rings is 1. The van der Waals surface area contributed by atoms with Crippen LogP contribution in [0.3, 0.4) is 0 Å². The van der Waals surface area contributed by atoms with Crippen LogP contribution in [0.1, 0.15) is 34.6 Å². The molecular weight excluding hydrogens is 471 g/mol. The lowest BCUT2D eigenvalue weighted by Gasteiger charge is -2.24. The van der Waals surface area contributed by atoms with Crippen LogP contribution >= 0.6 is 7.52 Å². The Kier molecular flexibility index (Phi) is 10.2. The fourth-order valence-electron chi connectivity index (χ4n) is 2.70. The van der Waals surface area contributed by atoms with Gasteiger partial charge in [0.05, 0.1) is 31.7 Å². The number of esters is 1. The second-order valence-corrected chi connectivity index (χ2v) is 9.64. The quantitative estimate of drug-likeness (QED) is 0.231. The number of nitrogens with two attached hydrogens (primary N) is 1. The summed E-state index contributed by atoms with van der Waals surface area (Å²) in [4.78, 5) is 35.8. The van der Waals surface area contributed by atoms with Crippen molar-refractivity contribution in [2.24, 2.45) is 0 Å². The molecule has 15 heteroatoms. The highest BCUT2D eigenvalue weighted by Crippen LogP contribution is 2.43. The molecule has 0 saturated carbocycles. The molecule has 0 radical (unpaired) electrons. The third kappa shape index (κ3) is 8.20. The minimum atomic E-state index is -3.82. The van der Waals surface area contributed by atoms with Crippen LogP contribution < -0.4 is 10.8 Å². The molecule has 0 aromatic carbocycles. The fraction of sp³-hybridized carbons (Fsp3) is 0.632. The summed E-state index contributed by atoms with van der Waals surface area (Å²) in [5.41, 5.74) is 6.78. The molecule has 14 nitrogen and oxygen atoms in total. The van der Waals surface area contributed by atoms with Crippen LogP contribution in [0.15, 0.2) is 12.7 Å². The summed E-state index contributed by atoms with van der Waals surface area (Å²) in [6, 6.07) is -0.968. The molecular formula is C19H31N6O8P. The standard InChI is InChI=1S/C19H31N6O8P/c1-6-29-18(26)14(5)24-34(28,32-10-30-19(27)33-12(2)3)11-31-13(4)7-25-9-23-15-16(20)21-8-22-17(15)25/h8-9,12-14H,6-7,10-11H2,1-5H3,(H,24,28)(H2,20,21,22)/t13-,14+,34?/m1/s1. The van der Waals surface area contributed by atoms with Crippen LogP contribution in [0.4, 0.5) is 10.6 Å². The third-order valence-corrected chi connectivity index (χ3v) is 6.00. The molecule has 0 aliphatic rings. The van der Waals surface area contributed by atoms with E-state index in [4.69, 9.17) is 29.2 Å². The summed E-state index contributed by atoms with van der Waals surface area (Å²) in [7, 11) is -3.82. The number of ether oxygens (including phenoxy) is 4. The fourth-order valence-corrected chi connectivity index (χ4v) is 4.29. The Morgan fingerprint density at radius 3 is 2.59 bits per heavy atom. The number of fused-ring (bicyclic) bond motifs is 1. The summed E-state index contributed by atoms with van der Waals surface area (Å²) in [5, 5.41) is 2.59. The predicted octanol–water partition coefficient (Wildman–Crippen LogP) is 2.04. The number of carbonyl (C=O) groups excluding carboxylic acids is 2. The van der Waals surface area contributed by atoms with E-state index < -0.39 is 51.0 Å². The van der Waals surface area contributed by atoms with Crippen molar-refractivity contribution in [3.05, 3.63) is 12.7 Å². The van der Waals surface area contributed by atoms with Gasteiger partial charge >= 0.3 is 12.1 Å². The van der Waals surface area contributed by atoms with E-state index in [1.54, 1.807) is 38.6 Å². The molecule has 0 saturated heterocycles. The van der Waals surface area contributed by atoms with Gasteiger partial charge in [-0.3, -0.25) is 13.9 Å². The highest BCUT2D eigenvalue weighted by atomic mass is 31.2. The van der Waals surface area contributed by atoms with E-state index in [1.165, 1.54) is 13.3 Å². The minimum Gasteiger partial charge on any atom is -0.465 e. The lowest BCUT2D eigenvalue weighted by atomic mass is 10.4. The number of nitrogens with zero attached hydrogens (tertiary/aromatic N) is 4. The van der Waals surface area contributed by atoms with Crippen LogP contribution in [0.2, 0.25) is 0 Å². The Balaban J connectivity index is 2.02. The van der Waals surface area contributed by atoms with Gasteiger partial charge in [-0.25, -0.2) is 24.8 Å². The zero-order chi connectivity index (χ0) is 25.3. The van der Waals surface area contributed by atoms with Gasteiger partial charge < -0.3 is 29.2 Å². The molecule has 0 amide bonds. The van der Waals surface area contributed by atoms with Crippen molar-refractivity contribution in [2.75, 3.05) is 25.5 Å². The van der Waals surface area contributed by atoms with Crippen molar-refractivity contribution in [3.63, 3.8) is 0 Å². The summed E-state index contributed by atoms with van der Waals surface area (Å²) in [5.74, 6) is -0.370. The van der Waals surface area contributed by atoms with Crippen molar-refractivity contribution >= 4 is 36.6 Å². The maximum atomic E-state index is 13.3. The Bertz CT molecular complexity index is 1020. The number of carbonyl (C=O) groups is 2. The van der Waals surface area contributed by atoms with E-state index in [2.05, 4.69) is 20.0 Å². The summed E-state index contributed by atoms with van der Waals surface area (Å²) < 4.78 is 40.6. The van der Waals surface area contributed by atoms with Crippen LogP contribution in [-0.2, 0) is 39.4 Å². The second-order valence-electron chi connectivity index (χ2n) is 7.52. The lowest BCUT2D eigenvalue weighted by Crippen LogP contribution is -2.35. The first-order valence-electron chi connectivity index (χ1n) is 10.6. The number of anilines is 1. The van der Waals surface area contributed by atoms with Gasteiger partial charge in [0, 0.05) is 0 Å². The van der Waals surface area contributed by atoms with Gasteiger partial charge in [-0.2, -0.15) is 0 Å². The largest absolute Gasteiger partial charge is 0.510 e. The maximum Gasteiger partial charge on any atom is 0.510 e. The lowest BCUT2D eigenvalue weighted by molar-refractivity contribution is -0.144. The highest BCUT2D eigenvalue weighted by Gasteiger charge is 2.31.